The number of alkyl halides is 2. The highest BCUT2D eigenvalue weighted by molar-refractivity contribution is 5.83. The van der Waals surface area contributed by atoms with E-state index in [1.807, 2.05) is 13.8 Å². The summed E-state index contributed by atoms with van der Waals surface area (Å²) in [7, 11) is 0. The Morgan fingerprint density at radius 1 is 1.30 bits per heavy atom. The molecule has 9 heteroatoms. The van der Waals surface area contributed by atoms with Gasteiger partial charge in [0.25, 0.3) is 0 Å². The minimum absolute atomic E-state index is 0.00197. The summed E-state index contributed by atoms with van der Waals surface area (Å²) in [6.07, 6.45) is 2.74. The molecule has 2 atom stereocenters. The fourth-order valence-electron chi connectivity index (χ4n) is 5.54. The van der Waals surface area contributed by atoms with Crippen LogP contribution >= 0.6 is 0 Å². The van der Waals surface area contributed by atoms with Crippen LogP contribution in [0.1, 0.15) is 70.0 Å². The van der Waals surface area contributed by atoms with Crippen LogP contribution in [0.2, 0.25) is 0 Å². The lowest BCUT2D eigenvalue weighted by atomic mass is 9.62. The van der Waals surface area contributed by atoms with Crippen LogP contribution in [0.3, 0.4) is 0 Å². The largest absolute Gasteiger partial charge is 0.392 e. The molecular formula is C21H30F2N4O3. The van der Waals surface area contributed by atoms with E-state index in [0.717, 1.165) is 19.3 Å². The third-order valence-corrected chi connectivity index (χ3v) is 8.20. The average molecular weight is 424 g/mol. The quantitative estimate of drug-likeness (QED) is 0.770. The average Bonchev–Trinajstić information content (AvgIpc) is 3.06. The monoisotopic (exact) mass is 424 g/mol. The number of nitrogens with zero attached hydrogens (tertiary/aromatic N) is 3. The van der Waals surface area contributed by atoms with Gasteiger partial charge in [-0.25, -0.2) is 8.78 Å². The van der Waals surface area contributed by atoms with E-state index in [1.165, 1.54) is 0 Å². The lowest BCUT2D eigenvalue weighted by Gasteiger charge is -2.54. The van der Waals surface area contributed by atoms with Gasteiger partial charge >= 0.3 is 0 Å². The molecule has 1 spiro atoms. The molecule has 0 radical (unpaired) electrons. The molecular weight excluding hydrogens is 394 g/mol. The number of amides is 1. The molecule has 1 aromatic heterocycles. The number of piperidine rings is 1. The zero-order valence-electron chi connectivity index (χ0n) is 17.5. The van der Waals surface area contributed by atoms with Gasteiger partial charge in [-0.15, -0.1) is 0 Å². The predicted molar refractivity (Wildman–Crippen MR) is 103 cm³/mol. The van der Waals surface area contributed by atoms with E-state index in [1.54, 1.807) is 4.90 Å². The number of nitrogens with one attached hydrogen (secondary N) is 1. The van der Waals surface area contributed by atoms with E-state index < -0.39 is 17.4 Å². The highest BCUT2D eigenvalue weighted by atomic mass is 19.3. The molecule has 0 bridgehead atoms. The SMILES string of the molecule is CC(C)C1(c2nc(C3CC(F)(F)C3)no2)CN(C(=O)[C@@H]2C[C@@H](O)C3(CCC3)CN2)C1. The van der Waals surface area contributed by atoms with Gasteiger partial charge in [-0.3, -0.25) is 4.79 Å². The van der Waals surface area contributed by atoms with Crippen molar-refractivity contribution in [3.8, 4) is 0 Å². The smallest absolute Gasteiger partial charge is 0.249 e. The molecule has 2 aliphatic heterocycles. The number of aromatic nitrogens is 2. The number of halogens is 2. The second-order valence-corrected chi connectivity index (χ2v) is 10.3. The van der Waals surface area contributed by atoms with Crippen LogP contribution < -0.4 is 5.32 Å². The Morgan fingerprint density at radius 3 is 2.53 bits per heavy atom. The van der Waals surface area contributed by atoms with Crippen LogP contribution in [0.25, 0.3) is 0 Å². The molecule has 4 fully saturated rings. The van der Waals surface area contributed by atoms with Gasteiger partial charge in [0, 0.05) is 43.8 Å². The maximum absolute atomic E-state index is 13.2. The summed E-state index contributed by atoms with van der Waals surface area (Å²) in [6.45, 7) is 5.71. The molecule has 3 heterocycles. The molecule has 0 unspecified atom stereocenters. The third kappa shape index (κ3) is 2.99. The number of likely N-dealkylation sites (tertiary alicyclic amines) is 1. The highest BCUT2D eigenvalue weighted by Gasteiger charge is 2.56. The van der Waals surface area contributed by atoms with Crippen LogP contribution in [0.15, 0.2) is 4.52 Å². The number of hydrogen-bond donors (Lipinski definition) is 2. The molecule has 30 heavy (non-hydrogen) atoms. The van der Waals surface area contributed by atoms with E-state index >= 15 is 0 Å². The number of hydrogen-bond acceptors (Lipinski definition) is 6. The normalized spacial score (nSPS) is 31.9. The number of aliphatic hydroxyl groups is 1. The fraction of sp³-hybridized carbons (Fsp3) is 0.857. The Morgan fingerprint density at radius 2 is 2.00 bits per heavy atom. The summed E-state index contributed by atoms with van der Waals surface area (Å²) < 4.78 is 31.9. The van der Waals surface area contributed by atoms with Gasteiger partial charge in [0.15, 0.2) is 5.82 Å². The summed E-state index contributed by atoms with van der Waals surface area (Å²) in [6, 6.07) is -0.369. The molecule has 166 valence electrons. The van der Waals surface area contributed by atoms with Gasteiger partial charge in [-0.1, -0.05) is 25.4 Å². The Labute approximate surface area is 174 Å². The van der Waals surface area contributed by atoms with Crippen LogP contribution in [-0.2, 0) is 10.2 Å². The van der Waals surface area contributed by atoms with Crippen molar-refractivity contribution in [2.45, 2.75) is 81.8 Å². The lowest BCUT2D eigenvalue weighted by molar-refractivity contribution is -0.149. The molecule has 2 saturated carbocycles. The molecule has 2 N–H and O–H groups in total. The maximum atomic E-state index is 13.2. The first-order valence-electron chi connectivity index (χ1n) is 11.1. The van der Waals surface area contributed by atoms with Crippen molar-refractivity contribution in [1.29, 1.82) is 0 Å². The van der Waals surface area contributed by atoms with E-state index in [9.17, 15) is 18.7 Å². The molecule has 2 aliphatic carbocycles. The van der Waals surface area contributed by atoms with Gasteiger partial charge < -0.3 is 19.8 Å². The van der Waals surface area contributed by atoms with Gasteiger partial charge in [-0.05, 0) is 25.2 Å². The number of carbonyl (C=O) groups is 1. The number of aliphatic hydroxyl groups excluding tert-OH is 1. The molecule has 7 nitrogen and oxygen atoms in total. The first-order chi connectivity index (χ1) is 14.1. The van der Waals surface area contributed by atoms with Crippen molar-refractivity contribution < 1.29 is 23.2 Å². The zero-order chi connectivity index (χ0) is 21.3. The molecule has 0 aromatic carbocycles. The molecule has 5 rings (SSSR count). The van der Waals surface area contributed by atoms with Crippen molar-refractivity contribution in [3.05, 3.63) is 11.7 Å². The van der Waals surface area contributed by atoms with Crippen LogP contribution in [0.5, 0.6) is 0 Å². The van der Waals surface area contributed by atoms with E-state index in [4.69, 9.17) is 4.52 Å². The van der Waals surface area contributed by atoms with Crippen LogP contribution in [0.4, 0.5) is 8.78 Å². The first-order valence-corrected chi connectivity index (χ1v) is 11.1. The predicted octanol–water partition coefficient (Wildman–Crippen LogP) is 2.21. The van der Waals surface area contributed by atoms with Gasteiger partial charge in [-0.2, -0.15) is 4.98 Å². The maximum Gasteiger partial charge on any atom is 0.249 e. The standard InChI is InChI=1S/C21H30F2N4O3/c1-12(2)20(18-25-16(26-30-18)13-7-21(22,23)8-13)10-27(11-20)17(29)14-6-15(28)19(9-24-14)4-3-5-19/h12-15,24,28H,3-11H2,1-2H3/t14-,15+/m0/s1. The minimum atomic E-state index is -2.63. The first kappa shape index (κ1) is 20.3. The second-order valence-electron chi connectivity index (χ2n) is 10.3. The Balaban J connectivity index is 1.24. The van der Waals surface area contributed by atoms with Crippen molar-refractivity contribution in [2.75, 3.05) is 19.6 Å². The van der Waals surface area contributed by atoms with Crippen molar-refractivity contribution in [1.82, 2.24) is 20.4 Å². The van der Waals surface area contributed by atoms with Crippen molar-refractivity contribution in [3.63, 3.8) is 0 Å². The van der Waals surface area contributed by atoms with E-state index in [0.29, 0.717) is 37.8 Å². The Kier molecular flexibility index (Phi) is 4.53. The van der Waals surface area contributed by atoms with E-state index in [2.05, 4.69) is 15.5 Å². The molecule has 2 saturated heterocycles. The summed E-state index contributed by atoms with van der Waals surface area (Å²) >= 11 is 0. The number of carbonyl (C=O) groups excluding carboxylic acids is 1. The molecule has 4 aliphatic rings. The Hall–Kier alpha value is -1.61. The third-order valence-electron chi connectivity index (χ3n) is 8.20. The molecule has 1 aromatic rings. The van der Waals surface area contributed by atoms with Crippen LogP contribution in [-0.4, -0.2) is 63.8 Å². The minimum Gasteiger partial charge on any atom is -0.392 e. The summed E-state index contributed by atoms with van der Waals surface area (Å²) in [5, 5.41) is 17.9. The second kappa shape index (κ2) is 6.69. The van der Waals surface area contributed by atoms with Gasteiger partial charge in [0.05, 0.1) is 17.6 Å². The topological polar surface area (TPSA) is 91.5 Å². The highest BCUT2D eigenvalue weighted by Crippen LogP contribution is 2.49. The van der Waals surface area contributed by atoms with Gasteiger partial charge in [0.1, 0.15) is 0 Å². The van der Waals surface area contributed by atoms with Crippen LogP contribution in [0, 0.1) is 11.3 Å². The zero-order valence-corrected chi connectivity index (χ0v) is 17.5. The number of rotatable bonds is 4. The fourth-order valence-corrected chi connectivity index (χ4v) is 5.54. The van der Waals surface area contributed by atoms with Crippen molar-refractivity contribution in [2.24, 2.45) is 11.3 Å². The lowest BCUT2D eigenvalue weighted by Crippen LogP contribution is -2.68. The van der Waals surface area contributed by atoms with Crippen molar-refractivity contribution >= 4 is 5.91 Å². The summed E-state index contributed by atoms with van der Waals surface area (Å²) in [5.41, 5.74) is -0.485. The van der Waals surface area contributed by atoms with Gasteiger partial charge in [0.2, 0.25) is 17.7 Å². The summed E-state index contributed by atoms with van der Waals surface area (Å²) in [4.78, 5) is 19.3. The molecule has 1 amide bonds. The van der Waals surface area contributed by atoms with E-state index in [-0.39, 0.29) is 42.0 Å². The Bertz CT molecular complexity index is 824. The summed E-state index contributed by atoms with van der Waals surface area (Å²) in [5.74, 6) is -2.04.